The number of hydrogen-bond donors (Lipinski definition) is 1. The van der Waals surface area contributed by atoms with E-state index in [2.05, 4.69) is 5.32 Å². The van der Waals surface area contributed by atoms with Crippen LogP contribution in [0.2, 0.25) is 0 Å². The summed E-state index contributed by atoms with van der Waals surface area (Å²) in [6.07, 6.45) is 1.23. The molecule has 1 saturated heterocycles. The topological polar surface area (TPSA) is 84.9 Å². The van der Waals surface area contributed by atoms with Crippen LogP contribution in [-0.2, 0) is 16.4 Å². The van der Waals surface area contributed by atoms with Crippen LogP contribution in [0, 0.1) is 0 Å². The van der Waals surface area contributed by atoms with Gasteiger partial charge in [-0.05, 0) is 48.7 Å². The molecule has 2 aromatic rings. The summed E-state index contributed by atoms with van der Waals surface area (Å²) in [7, 11) is -0.106. The fourth-order valence-electron chi connectivity index (χ4n) is 3.19. The van der Waals surface area contributed by atoms with Gasteiger partial charge in [-0.3, -0.25) is 9.10 Å². The third kappa shape index (κ3) is 4.39. The first-order valence-electron chi connectivity index (χ1n) is 9.04. The Labute approximate surface area is 165 Å². The Kier molecular flexibility index (Phi) is 6.08. The van der Waals surface area contributed by atoms with Crippen LogP contribution in [-0.4, -0.2) is 47.4 Å². The molecule has 0 unspecified atom stereocenters. The zero-order chi connectivity index (χ0) is 20.1. The summed E-state index contributed by atoms with van der Waals surface area (Å²) < 4.78 is 36.0. The molecular weight excluding hydrogens is 380 g/mol. The molecule has 8 heteroatoms. The van der Waals surface area contributed by atoms with Crippen molar-refractivity contribution in [2.45, 2.75) is 12.8 Å². The van der Waals surface area contributed by atoms with Crippen molar-refractivity contribution < 1.29 is 22.7 Å². The van der Waals surface area contributed by atoms with Gasteiger partial charge in [-0.1, -0.05) is 12.1 Å². The van der Waals surface area contributed by atoms with Crippen LogP contribution in [0.4, 0.5) is 5.69 Å². The van der Waals surface area contributed by atoms with Gasteiger partial charge in [-0.2, -0.15) is 0 Å². The van der Waals surface area contributed by atoms with E-state index in [-0.39, 0.29) is 11.7 Å². The molecule has 0 spiro atoms. The van der Waals surface area contributed by atoms with Crippen LogP contribution in [0.25, 0.3) is 0 Å². The fraction of sp³-hybridized carbons (Fsp3) is 0.350. The van der Waals surface area contributed by atoms with Crippen molar-refractivity contribution in [3.05, 3.63) is 53.6 Å². The predicted molar refractivity (Wildman–Crippen MR) is 108 cm³/mol. The summed E-state index contributed by atoms with van der Waals surface area (Å²) in [4.78, 5) is 12.5. The maximum Gasteiger partial charge on any atom is 0.251 e. The van der Waals surface area contributed by atoms with Gasteiger partial charge in [0.2, 0.25) is 10.0 Å². The van der Waals surface area contributed by atoms with Crippen molar-refractivity contribution in [2.75, 3.05) is 37.4 Å². The van der Waals surface area contributed by atoms with E-state index in [1.54, 1.807) is 38.5 Å². The van der Waals surface area contributed by atoms with E-state index in [4.69, 9.17) is 9.47 Å². The van der Waals surface area contributed by atoms with E-state index in [0.29, 0.717) is 48.7 Å². The van der Waals surface area contributed by atoms with Gasteiger partial charge in [-0.15, -0.1) is 0 Å². The Balaban J connectivity index is 1.62. The average Bonchev–Trinajstić information content (AvgIpc) is 3.06. The van der Waals surface area contributed by atoms with Gasteiger partial charge < -0.3 is 14.8 Å². The number of methoxy groups -OCH3 is 2. The Morgan fingerprint density at radius 1 is 1.11 bits per heavy atom. The number of sulfonamides is 1. The molecule has 150 valence electrons. The minimum Gasteiger partial charge on any atom is -0.493 e. The molecule has 0 aliphatic carbocycles. The smallest absolute Gasteiger partial charge is 0.251 e. The second-order valence-corrected chi connectivity index (χ2v) is 8.50. The lowest BCUT2D eigenvalue weighted by Gasteiger charge is -2.17. The molecular formula is C20H24N2O5S. The van der Waals surface area contributed by atoms with E-state index in [9.17, 15) is 13.2 Å². The Hall–Kier alpha value is -2.74. The van der Waals surface area contributed by atoms with Crippen LogP contribution in [0.3, 0.4) is 0 Å². The molecule has 0 atom stereocenters. The highest BCUT2D eigenvalue weighted by Crippen LogP contribution is 2.28. The number of benzene rings is 2. The van der Waals surface area contributed by atoms with Gasteiger partial charge in [0.25, 0.3) is 5.91 Å². The van der Waals surface area contributed by atoms with E-state index >= 15 is 0 Å². The molecule has 2 aromatic carbocycles. The number of nitrogens with one attached hydrogen (secondary N) is 1. The molecule has 3 rings (SSSR count). The first kappa shape index (κ1) is 20.0. The molecule has 1 fully saturated rings. The molecule has 7 nitrogen and oxygen atoms in total. The monoisotopic (exact) mass is 404 g/mol. The summed E-state index contributed by atoms with van der Waals surface area (Å²) >= 11 is 0. The molecule has 0 aromatic heterocycles. The van der Waals surface area contributed by atoms with Crippen molar-refractivity contribution in [3.63, 3.8) is 0 Å². The van der Waals surface area contributed by atoms with Gasteiger partial charge in [0.05, 0.1) is 25.7 Å². The summed E-state index contributed by atoms with van der Waals surface area (Å²) in [6.45, 7) is 0.896. The predicted octanol–water partition coefficient (Wildman–Crippen LogP) is 2.22. The van der Waals surface area contributed by atoms with Crippen molar-refractivity contribution in [1.29, 1.82) is 0 Å². The molecule has 0 saturated carbocycles. The molecule has 0 radical (unpaired) electrons. The first-order chi connectivity index (χ1) is 13.4. The number of rotatable bonds is 7. The number of nitrogens with zero attached hydrogens (tertiary/aromatic N) is 1. The van der Waals surface area contributed by atoms with Gasteiger partial charge in [0.15, 0.2) is 11.5 Å². The van der Waals surface area contributed by atoms with Gasteiger partial charge in [-0.25, -0.2) is 8.42 Å². The molecule has 1 heterocycles. The minimum absolute atomic E-state index is 0.148. The largest absolute Gasteiger partial charge is 0.493 e. The second kappa shape index (κ2) is 8.52. The number of amides is 1. The molecule has 1 N–H and O–H groups in total. The van der Waals surface area contributed by atoms with Crippen LogP contribution in [0.5, 0.6) is 11.5 Å². The van der Waals surface area contributed by atoms with E-state index < -0.39 is 10.0 Å². The lowest BCUT2D eigenvalue weighted by Crippen LogP contribution is -2.27. The van der Waals surface area contributed by atoms with Crippen LogP contribution in [0.15, 0.2) is 42.5 Å². The average molecular weight is 404 g/mol. The summed E-state index contributed by atoms with van der Waals surface area (Å²) in [5.74, 6) is 1.21. The molecule has 0 bridgehead atoms. The number of ether oxygens (including phenoxy) is 2. The maximum atomic E-state index is 12.5. The highest BCUT2D eigenvalue weighted by atomic mass is 32.2. The van der Waals surface area contributed by atoms with E-state index in [1.165, 1.54) is 4.31 Å². The first-order valence-corrected chi connectivity index (χ1v) is 10.6. The van der Waals surface area contributed by atoms with Gasteiger partial charge >= 0.3 is 0 Å². The molecule has 1 amide bonds. The highest BCUT2D eigenvalue weighted by Gasteiger charge is 2.28. The lowest BCUT2D eigenvalue weighted by atomic mass is 10.1. The number of hydrogen-bond acceptors (Lipinski definition) is 5. The normalized spacial score (nSPS) is 15.3. The molecule has 1 aliphatic heterocycles. The summed E-state index contributed by atoms with van der Waals surface area (Å²) in [6, 6.07) is 12.3. The fourth-order valence-corrected chi connectivity index (χ4v) is 4.75. The quantitative estimate of drug-likeness (QED) is 0.765. The number of anilines is 1. The summed E-state index contributed by atoms with van der Waals surface area (Å²) in [5.41, 5.74) is 1.98. The van der Waals surface area contributed by atoms with Crippen molar-refractivity contribution in [3.8, 4) is 11.5 Å². The number of carbonyl (C=O) groups is 1. The standard InChI is InChI=1S/C20H24N2O5S/c1-26-18-8-7-15(13-19(18)27-2)9-10-21-20(23)16-5-3-6-17(14-16)22-11-4-12-28(22,24)25/h3,5-8,13-14H,4,9-12H2,1-2H3,(H,21,23). The third-order valence-corrected chi connectivity index (χ3v) is 6.51. The zero-order valence-electron chi connectivity index (χ0n) is 16.0. The highest BCUT2D eigenvalue weighted by molar-refractivity contribution is 7.93. The summed E-state index contributed by atoms with van der Waals surface area (Å²) in [5, 5.41) is 2.87. The molecule has 1 aliphatic rings. The number of carbonyl (C=O) groups excluding carboxylic acids is 1. The zero-order valence-corrected chi connectivity index (χ0v) is 16.8. The Morgan fingerprint density at radius 3 is 2.57 bits per heavy atom. The van der Waals surface area contributed by atoms with Crippen LogP contribution in [0.1, 0.15) is 22.3 Å². The van der Waals surface area contributed by atoms with Gasteiger partial charge in [0.1, 0.15) is 0 Å². The molecule has 28 heavy (non-hydrogen) atoms. The third-order valence-electron chi connectivity index (χ3n) is 4.64. The Morgan fingerprint density at radius 2 is 1.89 bits per heavy atom. The SMILES string of the molecule is COc1ccc(CCNC(=O)c2cccc(N3CCCS3(=O)=O)c2)cc1OC. The second-order valence-electron chi connectivity index (χ2n) is 6.49. The van der Waals surface area contributed by atoms with Crippen molar-refractivity contribution in [1.82, 2.24) is 5.32 Å². The Bertz CT molecular complexity index is 959. The van der Waals surface area contributed by atoms with Crippen LogP contribution < -0.4 is 19.1 Å². The van der Waals surface area contributed by atoms with Crippen molar-refractivity contribution >= 4 is 21.6 Å². The van der Waals surface area contributed by atoms with Crippen LogP contribution >= 0.6 is 0 Å². The minimum atomic E-state index is -3.27. The van der Waals surface area contributed by atoms with E-state index in [0.717, 1.165) is 5.56 Å². The maximum absolute atomic E-state index is 12.5. The lowest BCUT2D eigenvalue weighted by molar-refractivity contribution is 0.0954. The van der Waals surface area contributed by atoms with Gasteiger partial charge in [0, 0.05) is 18.7 Å². The van der Waals surface area contributed by atoms with Crippen molar-refractivity contribution in [2.24, 2.45) is 0 Å². The van der Waals surface area contributed by atoms with E-state index in [1.807, 2.05) is 18.2 Å².